The van der Waals surface area contributed by atoms with Crippen molar-refractivity contribution >= 4 is 18.2 Å². The molecule has 0 bridgehead atoms. The number of carbonyl (C=O) groups excluding carboxylic acids is 1. The molecule has 0 spiro atoms. The summed E-state index contributed by atoms with van der Waals surface area (Å²) < 4.78 is 0. The van der Waals surface area contributed by atoms with Crippen molar-refractivity contribution in [2.45, 2.75) is 38.6 Å². The van der Waals surface area contributed by atoms with E-state index in [-0.39, 0.29) is 18.4 Å². The molecule has 1 aromatic rings. The number of benzene rings is 1. The lowest BCUT2D eigenvalue weighted by Gasteiger charge is -2.26. The number of halogens is 1. The zero-order chi connectivity index (χ0) is 12.1. The van der Waals surface area contributed by atoms with Crippen molar-refractivity contribution < 1.29 is 4.79 Å². The van der Waals surface area contributed by atoms with Gasteiger partial charge in [-0.1, -0.05) is 43.7 Å². The van der Waals surface area contributed by atoms with E-state index in [0.29, 0.717) is 5.78 Å². The molecule has 1 aromatic carbocycles. The van der Waals surface area contributed by atoms with Gasteiger partial charge in [0.15, 0.2) is 5.78 Å². The van der Waals surface area contributed by atoms with Gasteiger partial charge < -0.3 is 0 Å². The van der Waals surface area contributed by atoms with E-state index < -0.39 is 0 Å². The summed E-state index contributed by atoms with van der Waals surface area (Å²) in [5.41, 5.74) is 0.859. The number of Topliss-reactive ketones (excluding diaryl/α,β-unsaturated/α-hetero) is 1. The van der Waals surface area contributed by atoms with E-state index in [2.05, 4.69) is 11.8 Å². The normalized spacial score (nSPS) is 17.2. The Bertz CT molecular complexity index is 360. The van der Waals surface area contributed by atoms with E-state index in [4.69, 9.17) is 0 Å². The first-order valence-electron chi connectivity index (χ1n) is 6.66. The lowest BCUT2D eigenvalue weighted by molar-refractivity contribution is 0.0837. The molecule has 0 unspecified atom stereocenters. The van der Waals surface area contributed by atoms with Crippen LogP contribution in [0, 0.1) is 0 Å². The van der Waals surface area contributed by atoms with Gasteiger partial charge >= 0.3 is 0 Å². The Morgan fingerprint density at radius 3 is 2.39 bits per heavy atom. The maximum Gasteiger partial charge on any atom is 0.179 e. The SMILES string of the molecule is CCC[C@@H](C(=O)c1ccccc1)N1CCCC1.Cl. The maximum absolute atomic E-state index is 12.5. The Kier molecular flexibility index (Phi) is 6.37. The highest BCUT2D eigenvalue weighted by Crippen LogP contribution is 2.19. The van der Waals surface area contributed by atoms with Gasteiger partial charge in [-0.3, -0.25) is 9.69 Å². The zero-order valence-electron chi connectivity index (χ0n) is 11.0. The van der Waals surface area contributed by atoms with Crippen LogP contribution in [0.3, 0.4) is 0 Å². The summed E-state index contributed by atoms with van der Waals surface area (Å²) in [7, 11) is 0. The van der Waals surface area contributed by atoms with Crippen LogP contribution in [-0.2, 0) is 0 Å². The predicted octanol–water partition coefficient (Wildman–Crippen LogP) is 3.56. The summed E-state index contributed by atoms with van der Waals surface area (Å²) in [5, 5.41) is 0. The largest absolute Gasteiger partial charge is 0.293 e. The van der Waals surface area contributed by atoms with Crippen molar-refractivity contribution in [3.8, 4) is 0 Å². The lowest BCUT2D eigenvalue weighted by Crippen LogP contribution is -2.39. The minimum atomic E-state index is 0. The summed E-state index contributed by atoms with van der Waals surface area (Å²) in [4.78, 5) is 14.8. The molecular weight excluding hydrogens is 246 g/mol. The van der Waals surface area contributed by atoms with Crippen molar-refractivity contribution in [2.75, 3.05) is 13.1 Å². The van der Waals surface area contributed by atoms with Crippen LogP contribution >= 0.6 is 12.4 Å². The van der Waals surface area contributed by atoms with E-state index in [1.54, 1.807) is 0 Å². The fourth-order valence-electron chi connectivity index (χ4n) is 2.60. The first-order chi connectivity index (χ1) is 8.33. The molecule has 0 aliphatic carbocycles. The van der Waals surface area contributed by atoms with E-state index in [9.17, 15) is 4.79 Å². The molecular formula is C15H22ClNO. The molecule has 1 fully saturated rings. The number of nitrogens with zero attached hydrogens (tertiary/aromatic N) is 1. The van der Waals surface area contributed by atoms with Gasteiger partial charge in [0.2, 0.25) is 0 Å². The average molecular weight is 268 g/mol. The lowest BCUT2D eigenvalue weighted by atomic mass is 9.99. The van der Waals surface area contributed by atoms with E-state index in [1.165, 1.54) is 12.8 Å². The van der Waals surface area contributed by atoms with Crippen molar-refractivity contribution in [2.24, 2.45) is 0 Å². The highest BCUT2D eigenvalue weighted by molar-refractivity contribution is 6.00. The third-order valence-electron chi connectivity index (χ3n) is 3.50. The monoisotopic (exact) mass is 267 g/mol. The number of likely N-dealkylation sites (tertiary alicyclic amines) is 1. The third-order valence-corrected chi connectivity index (χ3v) is 3.50. The summed E-state index contributed by atoms with van der Waals surface area (Å²) in [6.07, 6.45) is 4.53. The highest BCUT2D eigenvalue weighted by atomic mass is 35.5. The molecule has 0 saturated carbocycles. The van der Waals surface area contributed by atoms with Crippen LogP contribution < -0.4 is 0 Å². The first kappa shape index (κ1) is 15.2. The number of rotatable bonds is 5. The molecule has 3 heteroatoms. The number of hydrogen-bond donors (Lipinski definition) is 0. The fraction of sp³-hybridized carbons (Fsp3) is 0.533. The maximum atomic E-state index is 12.5. The van der Waals surface area contributed by atoms with E-state index in [1.807, 2.05) is 30.3 Å². The Balaban J connectivity index is 0.00000162. The summed E-state index contributed by atoms with van der Waals surface area (Å²) in [6, 6.07) is 9.81. The van der Waals surface area contributed by atoms with Gasteiger partial charge in [0.05, 0.1) is 6.04 Å². The molecule has 18 heavy (non-hydrogen) atoms. The molecule has 100 valence electrons. The summed E-state index contributed by atoms with van der Waals surface area (Å²) >= 11 is 0. The van der Waals surface area contributed by atoms with Crippen LogP contribution in [0.15, 0.2) is 30.3 Å². The molecule has 2 nitrogen and oxygen atoms in total. The molecule has 2 rings (SSSR count). The zero-order valence-corrected chi connectivity index (χ0v) is 11.8. The van der Waals surface area contributed by atoms with Crippen LogP contribution in [0.2, 0.25) is 0 Å². The molecule has 1 saturated heterocycles. The highest BCUT2D eigenvalue weighted by Gasteiger charge is 2.27. The molecule has 0 aromatic heterocycles. The van der Waals surface area contributed by atoms with Gasteiger partial charge in [-0.15, -0.1) is 12.4 Å². The van der Waals surface area contributed by atoms with Crippen LogP contribution in [-0.4, -0.2) is 29.8 Å². The van der Waals surface area contributed by atoms with E-state index in [0.717, 1.165) is 31.5 Å². The second-order valence-electron chi connectivity index (χ2n) is 4.78. The predicted molar refractivity (Wildman–Crippen MR) is 77.5 cm³/mol. The minimum Gasteiger partial charge on any atom is -0.293 e. The van der Waals surface area contributed by atoms with Crippen molar-refractivity contribution in [3.05, 3.63) is 35.9 Å². The summed E-state index contributed by atoms with van der Waals surface area (Å²) in [5.74, 6) is 0.300. The van der Waals surface area contributed by atoms with Crippen molar-refractivity contribution in [1.82, 2.24) is 4.90 Å². The summed E-state index contributed by atoms with van der Waals surface area (Å²) in [6.45, 7) is 4.33. The van der Waals surface area contributed by atoms with Gasteiger partial charge in [0.1, 0.15) is 0 Å². The van der Waals surface area contributed by atoms with Crippen LogP contribution in [0.25, 0.3) is 0 Å². The van der Waals surface area contributed by atoms with Gasteiger partial charge in [-0.05, 0) is 32.4 Å². The number of carbonyl (C=O) groups is 1. The molecule has 0 N–H and O–H groups in total. The Morgan fingerprint density at radius 1 is 1.22 bits per heavy atom. The van der Waals surface area contributed by atoms with Gasteiger partial charge in [0.25, 0.3) is 0 Å². The Hall–Kier alpha value is -0.860. The topological polar surface area (TPSA) is 20.3 Å². The quantitative estimate of drug-likeness (QED) is 0.761. The smallest absolute Gasteiger partial charge is 0.179 e. The molecule has 0 radical (unpaired) electrons. The molecule has 1 heterocycles. The van der Waals surface area contributed by atoms with Crippen molar-refractivity contribution in [1.29, 1.82) is 0 Å². The number of hydrogen-bond acceptors (Lipinski definition) is 2. The minimum absolute atomic E-state index is 0. The van der Waals surface area contributed by atoms with Gasteiger partial charge in [0, 0.05) is 5.56 Å². The average Bonchev–Trinajstić information content (AvgIpc) is 2.90. The number of ketones is 1. The molecule has 1 atom stereocenters. The third kappa shape index (κ3) is 3.56. The fourth-order valence-corrected chi connectivity index (χ4v) is 2.60. The van der Waals surface area contributed by atoms with Crippen LogP contribution in [0.1, 0.15) is 43.0 Å². The van der Waals surface area contributed by atoms with Crippen LogP contribution in [0.5, 0.6) is 0 Å². The van der Waals surface area contributed by atoms with Crippen molar-refractivity contribution in [3.63, 3.8) is 0 Å². The van der Waals surface area contributed by atoms with Gasteiger partial charge in [-0.2, -0.15) is 0 Å². The standard InChI is InChI=1S/C15H21NO.ClH/c1-2-8-14(16-11-6-7-12-16)15(17)13-9-4-3-5-10-13;/h3-5,9-10,14H,2,6-8,11-12H2,1H3;1H/t14-;/m0./s1. The molecule has 1 aliphatic heterocycles. The Morgan fingerprint density at radius 2 is 1.83 bits per heavy atom. The molecule has 1 aliphatic rings. The first-order valence-corrected chi connectivity index (χ1v) is 6.66. The Labute approximate surface area is 116 Å². The van der Waals surface area contributed by atoms with Crippen LogP contribution in [0.4, 0.5) is 0 Å². The molecule has 0 amide bonds. The van der Waals surface area contributed by atoms with Gasteiger partial charge in [-0.25, -0.2) is 0 Å². The second-order valence-corrected chi connectivity index (χ2v) is 4.78. The van der Waals surface area contributed by atoms with E-state index >= 15 is 0 Å². The second kappa shape index (κ2) is 7.55.